The molecule has 0 bridgehead atoms. The minimum Gasteiger partial charge on any atom is -0.491 e. The molecule has 3 atom stereocenters. The number of hydrogen-bond donors (Lipinski definition) is 1. The highest BCUT2D eigenvalue weighted by molar-refractivity contribution is 5.47. The lowest BCUT2D eigenvalue weighted by Gasteiger charge is -2.33. The Morgan fingerprint density at radius 1 is 1.10 bits per heavy atom. The van der Waals surface area contributed by atoms with E-state index in [1.165, 1.54) is 24.9 Å². The van der Waals surface area contributed by atoms with Crippen molar-refractivity contribution in [2.24, 2.45) is 11.8 Å². The molecule has 112 valence electrons. The first-order valence-corrected chi connectivity index (χ1v) is 7.67. The largest absolute Gasteiger partial charge is 0.491 e. The van der Waals surface area contributed by atoms with E-state index in [4.69, 9.17) is 9.47 Å². The van der Waals surface area contributed by atoms with Crippen molar-refractivity contribution in [3.63, 3.8) is 0 Å². The number of benzene rings is 1. The summed E-state index contributed by atoms with van der Waals surface area (Å²) in [6.45, 7) is 5.94. The molecule has 0 aromatic heterocycles. The minimum atomic E-state index is 0.598. The van der Waals surface area contributed by atoms with Crippen LogP contribution in [-0.2, 0) is 4.74 Å². The molecule has 0 heterocycles. The van der Waals surface area contributed by atoms with Crippen molar-refractivity contribution in [1.82, 2.24) is 0 Å². The van der Waals surface area contributed by atoms with Gasteiger partial charge in [-0.05, 0) is 55.4 Å². The maximum Gasteiger partial charge on any atom is 0.119 e. The Morgan fingerprint density at radius 3 is 2.50 bits per heavy atom. The fourth-order valence-corrected chi connectivity index (χ4v) is 2.98. The second kappa shape index (κ2) is 7.53. The monoisotopic (exact) mass is 277 g/mol. The summed E-state index contributed by atoms with van der Waals surface area (Å²) in [5.41, 5.74) is 1.19. The molecule has 3 nitrogen and oxygen atoms in total. The Bertz CT molecular complexity index is 390. The molecule has 3 heteroatoms. The molecule has 0 radical (unpaired) electrons. The van der Waals surface area contributed by atoms with Gasteiger partial charge in [0, 0.05) is 18.8 Å². The van der Waals surface area contributed by atoms with Crippen LogP contribution in [0.2, 0.25) is 0 Å². The van der Waals surface area contributed by atoms with Crippen LogP contribution in [0.4, 0.5) is 5.69 Å². The second-order valence-electron chi connectivity index (χ2n) is 6.01. The van der Waals surface area contributed by atoms with Crippen LogP contribution < -0.4 is 10.1 Å². The van der Waals surface area contributed by atoms with Gasteiger partial charge in [0.1, 0.15) is 12.4 Å². The number of hydrogen-bond acceptors (Lipinski definition) is 3. The maximum absolute atomic E-state index is 5.57. The summed E-state index contributed by atoms with van der Waals surface area (Å²) < 4.78 is 10.5. The van der Waals surface area contributed by atoms with Gasteiger partial charge in [-0.1, -0.05) is 13.8 Å². The molecule has 20 heavy (non-hydrogen) atoms. The molecule has 0 aliphatic heterocycles. The average Bonchev–Trinajstić information content (AvgIpc) is 2.44. The zero-order valence-corrected chi connectivity index (χ0v) is 12.9. The highest BCUT2D eigenvalue weighted by atomic mass is 16.5. The summed E-state index contributed by atoms with van der Waals surface area (Å²) in [6, 6.07) is 8.86. The molecule has 1 aliphatic carbocycles. The van der Waals surface area contributed by atoms with Gasteiger partial charge in [0.25, 0.3) is 0 Å². The van der Waals surface area contributed by atoms with Crippen LogP contribution in [0.15, 0.2) is 24.3 Å². The zero-order chi connectivity index (χ0) is 14.4. The molecule has 1 aromatic carbocycles. The highest BCUT2D eigenvalue weighted by Gasteiger charge is 2.24. The number of anilines is 1. The first-order chi connectivity index (χ1) is 9.69. The van der Waals surface area contributed by atoms with E-state index < -0.39 is 0 Å². The predicted molar refractivity (Wildman–Crippen MR) is 83.4 cm³/mol. The van der Waals surface area contributed by atoms with Crippen LogP contribution in [-0.4, -0.2) is 26.4 Å². The van der Waals surface area contributed by atoms with Gasteiger partial charge in [-0.2, -0.15) is 0 Å². The van der Waals surface area contributed by atoms with Crippen LogP contribution in [0.1, 0.15) is 33.1 Å². The van der Waals surface area contributed by atoms with Crippen LogP contribution in [0, 0.1) is 11.8 Å². The lowest BCUT2D eigenvalue weighted by atomic mass is 9.80. The SMILES string of the molecule is COCCOc1ccc(NC2CCC(C)CC2C)cc1. The molecule has 0 amide bonds. The van der Waals surface area contributed by atoms with Crippen LogP contribution >= 0.6 is 0 Å². The van der Waals surface area contributed by atoms with Crippen LogP contribution in [0.25, 0.3) is 0 Å². The van der Waals surface area contributed by atoms with E-state index >= 15 is 0 Å². The topological polar surface area (TPSA) is 30.5 Å². The molecule has 0 saturated heterocycles. The Morgan fingerprint density at radius 2 is 1.85 bits per heavy atom. The molecule has 1 aromatic rings. The van der Waals surface area contributed by atoms with Crippen LogP contribution in [0.5, 0.6) is 5.75 Å². The van der Waals surface area contributed by atoms with E-state index in [2.05, 4.69) is 31.3 Å². The quantitative estimate of drug-likeness (QED) is 0.799. The lowest BCUT2D eigenvalue weighted by Crippen LogP contribution is -2.32. The summed E-state index contributed by atoms with van der Waals surface area (Å²) in [4.78, 5) is 0. The minimum absolute atomic E-state index is 0.598. The number of nitrogens with one attached hydrogen (secondary N) is 1. The highest BCUT2D eigenvalue weighted by Crippen LogP contribution is 2.31. The first-order valence-electron chi connectivity index (χ1n) is 7.67. The van der Waals surface area contributed by atoms with Crippen molar-refractivity contribution in [2.75, 3.05) is 25.6 Å². The van der Waals surface area contributed by atoms with Crippen molar-refractivity contribution in [3.8, 4) is 5.75 Å². The third-order valence-electron chi connectivity index (χ3n) is 4.19. The predicted octanol–water partition coefficient (Wildman–Crippen LogP) is 3.95. The summed E-state index contributed by atoms with van der Waals surface area (Å²) in [6.07, 6.45) is 3.94. The van der Waals surface area contributed by atoms with Crippen molar-refractivity contribution < 1.29 is 9.47 Å². The van der Waals surface area contributed by atoms with Gasteiger partial charge in [0.05, 0.1) is 6.61 Å². The van der Waals surface area contributed by atoms with E-state index in [1.54, 1.807) is 7.11 Å². The van der Waals surface area contributed by atoms with Crippen molar-refractivity contribution >= 4 is 5.69 Å². The average molecular weight is 277 g/mol. The third-order valence-corrected chi connectivity index (χ3v) is 4.19. The van der Waals surface area contributed by atoms with Gasteiger partial charge in [-0.15, -0.1) is 0 Å². The Kier molecular flexibility index (Phi) is 5.72. The maximum atomic E-state index is 5.57. The van der Waals surface area contributed by atoms with Gasteiger partial charge in [-0.25, -0.2) is 0 Å². The second-order valence-corrected chi connectivity index (χ2v) is 6.01. The number of ether oxygens (including phenoxy) is 2. The van der Waals surface area contributed by atoms with Crippen molar-refractivity contribution in [2.45, 2.75) is 39.2 Å². The standard InChI is InChI=1S/C17H27NO2/c1-13-4-9-17(14(2)12-13)18-15-5-7-16(8-6-15)20-11-10-19-3/h5-8,13-14,17-18H,4,9-12H2,1-3H3. The number of methoxy groups -OCH3 is 1. The lowest BCUT2D eigenvalue weighted by molar-refractivity contribution is 0.146. The summed E-state index contributed by atoms with van der Waals surface area (Å²) in [5, 5.41) is 3.67. The van der Waals surface area contributed by atoms with Gasteiger partial charge in [0.15, 0.2) is 0 Å². The van der Waals surface area contributed by atoms with Crippen LogP contribution in [0.3, 0.4) is 0 Å². The summed E-state index contributed by atoms with van der Waals surface area (Å²) in [7, 11) is 1.68. The molecule has 3 unspecified atom stereocenters. The van der Waals surface area contributed by atoms with Gasteiger partial charge in [0.2, 0.25) is 0 Å². The summed E-state index contributed by atoms with van der Waals surface area (Å²) >= 11 is 0. The smallest absolute Gasteiger partial charge is 0.119 e. The molecular formula is C17H27NO2. The van der Waals surface area contributed by atoms with Gasteiger partial charge in [-0.3, -0.25) is 0 Å². The van der Waals surface area contributed by atoms with E-state index in [1.807, 2.05) is 12.1 Å². The van der Waals surface area contributed by atoms with E-state index in [0.29, 0.717) is 19.3 Å². The van der Waals surface area contributed by atoms with E-state index in [9.17, 15) is 0 Å². The third kappa shape index (κ3) is 4.41. The van der Waals surface area contributed by atoms with Gasteiger partial charge < -0.3 is 14.8 Å². The normalized spacial score (nSPS) is 26.2. The van der Waals surface area contributed by atoms with E-state index in [-0.39, 0.29) is 0 Å². The van der Waals surface area contributed by atoms with Gasteiger partial charge >= 0.3 is 0 Å². The Labute approximate surface area is 122 Å². The molecule has 2 rings (SSSR count). The number of rotatable bonds is 6. The Balaban J connectivity index is 1.84. The molecule has 1 saturated carbocycles. The van der Waals surface area contributed by atoms with Crippen molar-refractivity contribution in [1.29, 1.82) is 0 Å². The molecule has 1 N–H and O–H groups in total. The molecule has 0 spiro atoms. The first kappa shape index (κ1) is 15.2. The van der Waals surface area contributed by atoms with Crippen molar-refractivity contribution in [3.05, 3.63) is 24.3 Å². The van der Waals surface area contributed by atoms with E-state index in [0.717, 1.165) is 17.6 Å². The molecule has 1 aliphatic rings. The summed E-state index contributed by atoms with van der Waals surface area (Å²) in [5.74, 6) is 2.52. The fourth-order valence-electron chi connectivity index (χ4n) is 2.98. The fraction of sp³-hybridized carbons (Fsp3) is 0.647. The molecular weight excluding hydrogens is 250 g/mol. The zero-order valence-electron chi connectivity index (χ0n) is 12.9. The Hall–Kier alpha value is -1.22. The molecule has 1 fully saturated rings.